The number of hydrogen-bond acceptors (Lipinski definition) is 4. The molecule has 160 valence electrons. The molecule has 0 saturated carbocycles. The lowest BCUT2D eigenvalue weighted by Gasteiger charge is -2.24. The average molecular weight is 449 g/mol. The maximum absolute atomic E-state index is 12.7. The number of nitrogens with one attached hydrogen (secondary N) is 1. The third-order valence-electron chi connectivity index (χ3n) is 4.44. The fraction of sp³-hybridized carbons (Fsp3) is 0.333. The standard InChI is InChI=1S/C21H25ClN4O3S/c1-3-23-20(25-30(27,28)19-11-7-10-18(22)12-19)26-15-21(2,14-24-26)16-29-13-17-8-5-4-6-9-17/h4-12,14H,3,13,15-16H2,1-2H3,(H,23,25). The number of ether oxygens (including phenoxy) is 1. The Balaban J connectivity index is 1.69. The van der Waals surface area contributed by atoms with Crippen molar-refractivity contribution in [1.82, 2.24) is 10.3 Å². The first-order valence-electron chi connectivity index (χ1n) is 9.60. The smallest absolute Gasteiger partial charge is 0.285 e. The summed E-state index contributed by atoms with van der Waals surface area (Å²) < 4.78 is 35.3. The fourth-order valence-electron chi connectivity index (χ4n) is 2.94. The van der Waals surface area contributed by atoms with Crippen molar-refractivity contribution in [1.29, 1.82) is 0 Å². The third-order valence-corrected chi connectivity index (χ3v) is 5.94. The molecule has 0 aliphatic carbocycles. The summed E-state index contributed by atoms with van der Waals surface area (Å²) >= 11 is 5.93. The summed E-state index contributed by atoms with van der Waals surface area (Å²) in [6, 6.07) is 15.9. The minimum absolute atomic E-state index is 0.0301. The van der Waals surface area contributed by atoms with Crippen LogP contribution in [0.3, 0.4) is 0 Å². The lowest BCUT2D eigenvalue weighted by atomic mass is 9.94. The van der Waals surface area contributed by atoms with Crippen molar-refractivity contribution < 1.29 is 13.2 Å². The second-order valence-corrected chi connectivity index (χ2v) is 9.35. The van der Waals surface area contributed by atoms with E-state index in [0.717, 1.165) is 5.56 Å². The number of benzene rings is 2. The molecule has 0 fully saturated rings. The highest BCUT2D eigenvalue weighted by Gasteiger charge is 2.33. The molecule has 1 aliphatic rings. The minimum atomic E-state index is -3.94. The van der Waals surface area contributed by atoms with E-state index in [2.05, 4.69) is 14.8 Å². The van der Waals surface area contributed by atoms with E-state index in [1.165, 1.54) is 12.1 Å². The third kappa shape index (κ3) is 5.81. The molecule has 0 aromatic heterocycles. The molecule has 0 saturated heterocycles. The van der Waals surface area contributed by atoms with E-state index >= 15 is 0 Å². The molecule has 0 spiro atoms. The molecule has 2 aromatic rings. The topological polar surface area (TPSA) is 83.4 Å². The van der Waals surface area contributed by atoms with Crippen LogP contribution in [-0.4, -0.2) is 45.3 Å². The van der Waals surface area contributed by atoms with E-state index in [9.17, 15) is 8.42 Å². The number of sulfonamides is 1. The first-order valence-corrected chi connectivity index (χ1v) is 11.4. The fourth-order valence-corrected chi connectivity index (χ4v) is 4.22. The van der Waals surface area contributed by atoms with E-state index in [1.807, 2.05) is 44.2 Å². The van der Waals surface area contributed by atoms with Crippen LogP contribution >= 0.6 is 11.6 Å². The maximum atomic E-state index is 12.7. The summed E-state index contributed by atoms with van der Waals surface area (Å²) in [6.07, 6.45) is 1.77. The van der Waals surface area contributed by atoms with Crippen molar-refractivity contribution >= 4 is 33.8 Å². The first-order chi connectivity index (χ1) is 14.3. The number of rotatable bonds is 7. The second-order valence-electron chi connectivity index (χ2n) is 7.31. The van der Waals surface area contributed by atoms with Gasteiger partial charge in [-0.15, -0.1) is 4.40 Å². The summed E-state index contributed by atoms with van der Waals surface area (Å²) in [6.45, 7) is 5.76. The quantitative estimate of drug-likeness (QED) is 0.517. The van der Waals surface area contributed by atoms with Crippen LogP contribution in [0.5, 0.6) is 0 Å². The van der Waals surface area contributed by atoms with Gasteiger partial charge in [-0.1, -0.05) is 54.9 Å². The molecule has 1 unspecified atom stereocenters. The van der Waals surface area contributed by atoms with E-state index in [4.69, 9.17) is 16.3 Å². The van der Waals surface area contributed by atoms with Gasteiger partial charge in [-0.2, -0.15) is 13.5 Å². The Kier molecular flexibility index (Phi) is 7.12. The molecule has 1 N–H and O–H groups in total. The number of halogens is 1. The van der Waals surface area contributed by atoms with Crippen molar-refractivity contribution in [2.24, 2.45) is 14.9 Å². The average Bonchev–Trinajstić information content (AvgIpc) is 3.10. The molecular weight excluding hydrogens is 424 g/mol. The number of guanidine groups is 1. The Bertz CT molecular complexity index is 1030. The Morgan fingerprint density at radius 2 is 2.03 bits per heavy atom. The van der Waals surface area contributed by atoms with Crippen LogP contribution < -0.4 is 5.32 Å². The van der Waals surface area contributed by atoms with Crippen molar-refractivity contribution in [3.8, 4) is 0 Å². The van der Waals surface area contributed by atoms with Gasteiger partial charge in [0.1, 0.15) is 0 Å². The zero-order valence-electron chi connectivity index (χ0n) is 17.0. The van der Waals surface area contributed by atoms with E-state index in [0.29, 0.717) is 31.3 Å². The van der Waals surface area contributed by atoms with Crippen LogP contribution in [0.2, 0.25) is 5.02 Å². The van der Waals surface area contributed by atoms with Gasteiger partial charge in [-0.05, 0) is 30.7 Å². The van der Waals surface area contributed by atoms with Gasteiger partial charge < -0.3 is 10.1 Å². The predicted molar refractivity (Wildman–Crippen MR) is 119 cm³/mol. The molecule has 0 bridgehead atoms. The SMILES string of the molecule is CCN/C(=N\S(=O)(=O)c1cccc(Cl)c1)N1CC(C)(COCc2ccccc2)C=N1. The molecule has 9 heteroatoms. The maximum Gasteiger partial charge on any atom is 0.285 e. The molecule has 7 nitrogen and oxygen atoms in total. The zero-order chi connectivity index (χ0) is 21.6. The second kappa shape index (κ2) is 9.59. The normalized spacial score (nSPS) is 19.3. The summed E-state index contributed by atoms with van der Waals surface area (Å²) in [5, 5.41) is 9.25. The first kappa shape index (κ1) is 22.3. The largest absolute Gasteiger partial charge is 0.376 e. The lowest BCUT2D eigenvalue weighted by Crippen LogP contribution is -2.41. The van der Waals surface area contributed by atoms with Crippen LogP contribution in [0.4, 0.5) is 0 Å². The Labute approximate surface area is 182 Å². The number of hydrogen-bond donors (Lipinski definition) is 1. The van der Waals surface area contributed by atoms with Gasteiger partial charge in [0.25, 0.3) is 10.0 Å². The Hall–Kier alpha value is -2.42. The molecular formula is C21H25ClN4O3S. The van der Waals surface area contributed by atoms with Gasteiger partial charge in [-0.25, -0.2) is 5.01 Å². The summed E-state index contributed by atoms with van der Waals surface area (Å²) in [5.74, 6) is 0.167. The summed E-state index contributed by atoms with van der Waals surface area (Å²) in [4.78, 5) is 0.0301. The van der Waals surface area contributed by atoms with Crippen molar-refractivity contribution in [2.75, 3.05) is 19.7 Å². The van der Waals surface area contributed by atoms with Crippen LogP contribution in [0, 0.1) is 5.41 Å². The van der Waals surface area contributed by atoms with Crippen molar-refractivity contribution in [3.63, 3.8) is 0 Å². The summed E-state index contributed by atoms with van der Waals surface area (Å²) in [7, 11) is -3.94. The zero-order valence-corrected chi connectivity index (χ0v) is 18.5. The molecule has 0 radical (unpaired) electrons. The molecule has 1 atom stereocenters. The van der Waals surface area contributed by atoms with E-state index in [-0.39, 0.29) is 16.3 Å². The van der Waals surface area contributed by atoms with Gasteiger partial charge in [-0.3, -0.25) is 0 Å². The van der Waals surface area contributed by atoms with Crippen LogP contribution in [0.25, 0.3) is 0 Å². The van der Waals surface area contributed by atoms with Gasteiger partial charge in [0.2, 0.25) is 5.96 Å². The molecule has 1 aliphatic heterocycles. The van der Waals surface area contributed by atoms with Gasteiger partial charge in [0.15, 0.2) is 0 Å². The number of hydrazone groups is 1. The van der Waals surface area contributed by atoms with Gasteiger partial charge >= 0.3 is 0 Å². The van der Waals surface area contributed by atoms with Gasteiger partial charge in [0.05, 0.1) is 24.7 Å². The molecule has 30 heavy (non-hydrogen) atoms. The highest BCUT2D eigenvalue weighted by Crippen LogP contribution is 2.24. The molecule has 3 rings (SSSR count). The lowest BCUT2D eigenvalue weighted by molar-refractivity contribution is 0.0713. The van der Waals surface area contributed by atoms with E-state index < -0.39 is 10.0 Å². The number of nitrogens with zero attached hydrogens (tertiary/aromatic N) is 3. The predicted octanol–water partition coefficient (Wildman–Crippen LogP) is 3.52. The highest BCUT2D eigenvalue weighted by atomic mass is 35.5. The molecule has 1 heterocycles. The minimum Gasteiger partial charge on any atom is -0.376 e. The molecule has 2 aromatic carbocycles. The van der Waals surface area contributed by atoms with E-state index in [1.54, 1.807) is 23.4 Å². The monoisotopic (exact) mass is 448 g/mol. The van der Waals surface area contributed by atoms with Crippen molar-refractivity contribution in [2.45, 2.75) is 25.3 Å². The summed E-state index contributed by atoms with van der Waals surface area (Å²) in [5.41, 5.74) is 0.723. The highest BCUT2D eigenvalue weighted by molar-refractivity contribution is 7.90. The van der Waals surface area contributed by atoms with Crippen molar-refractivity contribution in [3.05, 3.63) is 65.2 Å². The Morgan fingerprint density at radius 1 is 1.27 bits per heavy atom. The van der Waals surface area contributed by atoms with Gasteiger partial charge in [0, 0.05) is 23.2 Å². The van der Waals surface area contributed by atoms with Crippen LogP contribution in [0.1, 0.15) is 19.4 Å². The Morgan fingerprint density at radius 3 is 2.73 bits per heavy atom. The molecule has 0 amide bonds. The van der Waals surface area contributed by atoms with Crippen LogP contribution in [0.15, 0.2) is 69.0 Å². The van der Waals surface area contributed by atoms with Crippen LogP contribution in [-0.2, 0) is 21.4 Å².